The molecule has 2 unspecified atom stereocenters. The molecular weight excluding hydrogens is 351 g/mol. The molecule has 9 heteroatoms. The van der Waals surface area contributed by atoms with Crippen LogP contribution in [0.1, 0.15) is 38.2 Å². The third kappa shape index (κ3) is 4.09. The standard InChI is InChI=1S/C17H20F3N3O3/c1-10-21-13(9-14(24)22-10)15(25)23-16(7-2-8-16)11-3-5-12(6-4-11)26-17(18,19)20/h3-6,10,13,21H,2,7-9H2,1H3,(H,22,24)(H,23,25). The summed E-state index contributed by atoms with van der Waals surface area (Å²) in [6.07, 6.45) is -2.73. The van der Waals surface area contributed by atoms with E-state index in [9.17, 15) is 22.8 Å². The molecule has 0 spiro atoms. The maximum absolute atomic E-state index is 12.6. The SMILES string of the molecule is CC1NC(=O)CC(C(=O)NC2(c3ccc(OC(F)(F)F)cc3)CCC2)N1. The molecule has 3 N–H and O–H groups in total. The first-order chi connectivity index (χ1) is 12.2. The molecule has 0 aromatic heterocycles. The van der Waals surface area contributed by atoms with Crippen LogP contribution in [0.25, 0.3) is 0 Å². The average molecular weight is 371 g/mol. The summed E-state index contributed by atoms with van der Waals surface area (Å²) < 4.78 is 40.7. The molecule has 26 heavy (non-hydrogen) atoms. The van der Waals surface area contributed by atoms with E-state index in [1.165, 1.54) is 24.3 Å². The number of nitrogens with one attached hydrogen (secondary N) is 3. The zero-order valence-corrected chi connectivity index (χ0v) is 14.2. The second-order valence-corrected chi connectivity index (χ2v) is 6.71. The Bertz CT molecular complexity index is 687. The van der Waals surface area contributed by atoms with Gasteiger partial charge in [0, 0.05) is 0 Å². The van der Waals surface area contributed by atoms with Crippen molar-refractivity contribution in [2.45, 2.75) is 56.7 Å². The van der Waals surface area contributed by atoms with E-state index >= 15 is 0 Å². The highest BCUT2D eigenvalue weighted by molar-refractivity contribution is 5.90. The Morgan fingerprint density at radius 3 is 2.42 bits per heavy atom. The number of benzene rings is 1. The minimum Gasteiger partial charge on any atom is -0.406 e. The fourth-order valence-corrected chi connectivity index (χ4v) is 3.37. The maximum Gasteiger partial charge on any atom is 0.573 e. The number of carbonyl (C=O) groups excluding carboxylic acids is 2. The summed E-state index contributed by atoms with van der Waals surface area (Å²) in [7, 11) is 0. The largest absolute Gasteiger partial charge is 0.573 e. The van der Waals surface area contributed by atoms with Crippen molar-refractivity contribution in [1.82, 2.24) is 16.0 Å². The lowest BCUT2D eigenvalue weighted by molar-refractivity contribution is -0.274. The molecule has 1 aromatic rings. The number of rotatable bonds is 4. The quantitative estimate of drug-likeness (QED) is 0.755. The molecule has 0 radical (unpaired) electrons. The Balaban J connectivity index is 1.71. The molecule has 1 saturated carbocycles. The molecule has 3 rings (SSSR count). The van der Waals surface area contributed by atoms with Crippen molar-refractivity contribution in [3.8, 4) is 5.75 Å². The Kier molecular flexibility index (Phi) is 4.83. The number of ether oxygens (including phenoxy) is 1. The number of halogens is 3. The van der Waals surface area contributed by atoms with Crippen molar-refractivity contribution in [2.24, 2.45) is 0 Å². The third-order valence-corrected chi connectivity index (χ3v) is 4.74. The highest BCUT2D eigenvalue weighted by atomic mass is 19.4. The summed E-state index contributed by atoms with van der Waals surface area (Å²) in [5.41, 5.74) is 0.104. The van der Waals surface area contributed by atoms with Crippen LogP contribution in [0.4, 0.5) is 13.2 Å². The molecule has 1 heterocycles. The van der Waals surface area contributed by atoms with Crippen LogP contribution >= 0.6 is 0 Å². The van der Waals surface area contributed by atoms with Crippen LogP contribution in [0, 0.1) is 0 Å². The molecule has 1 aliphatic carbocycles. The molecular formula is C17H20F3N3O3. The fourth-order valence-electron chi connectivity index (χ4n) is 3.37. The molecule has 142 valence electrons. The van der Waals surface area contributed by atoms with Gasteiger partial charge in [-0.2, -0.15) is 0 Å². The van der Waals surface area contributed by atoms with Crippen LogP contribution in [0.5, 0.6) is 5.75 Å². The van der Waals surface area contributed by atoms with Crippen molar-refractivity contribution in [3.63, 3.8) is 0 Å². The minimum atomic E-state index is -4.74. The lowest BCUT2D eigenvalue weighted by Crippen LogP contribution is -2.62. The first-order valence-electron chi connectivity index (χ1n) is 8.41. The van der Waals surface area contributed by atoms with Crippen molar-refractivity contribution in [2.75, 3.05) is 0 Å². The summed E-state index contributed by atoms with van der Waals surface area (Å²) in [5, 5.41) is 8.67. The van der Waals surface area contributed by atoms with Gasteiger partial charge in [0.15, 0.2) is 0 Å². The van der Waals surface area contributed by atoms with Crippen LogP contribution in [-0.2, 0) is 15.1 Å². The molecule has 6 nitrogen and oxygen atoms in total. The normalized spacial score (nSPS) is 25.0. The molecule has 2 atom stereocenters. The zero-order chi connectivity index (χ0) is 18.9. The fraction of sp³-hybridized carbons (Fsp3) is 0.529. The lowest BCUT2D eigenvalue weighted by Gasteiger charge is -2.44. The number of alkyl halides is 3. The van der Waals surface area contributed by atoms with Crippen LogP contribution in [0.15, 0.2) is 24.3 Å². The summed E-state index contributed by atoms with van der Waals surface area (Å²) >= 11 is 0. The van der Waals surface area contributed by atoms with Gasteiger partial charge in [-0.3, -0.25) is 14.9 Å². The second-order valence-electron chi connectivity index (χ2n) is 6.71. The molecule has 2 aliphatic rings. The molecule has 1 saturated heterocycles. The van der Waals surface area contributed by atoms with Crippen molar-refractivity contribution >= 4 is 11.8 Å². The van der Waals surface area contributed by atoms with Gasteiger partial charge in [-0.25, -0.2) is 0 Å². The van der Waals surface area contributed by atoms with Gasteiger partial charge in [0.2, 0.25) is 11.8 Å². The van der Waals surface area contributed by atoms with Crippen LogP contribution in [-0.4, -0.2) is 30.4 Å². The average Bonchev–Trinajstić information content (AvgIpc) is 2.49. The van der Waals surface area contributed by atoms with Gasteiger partial charge in [0.05, 0.1) is 24.2 Å². The Morgan fingerprint density at radius 2 is 1.92 bits per heavy atom. The van der Waals surface area contributed by atoms with E-state index in [1.807, 2.05) is 0 Å². The number of amides is 2. The van der Waals surface area contributed by atoms with E-state index < -0.39 is 17.9 Å². The van der Waals surface area contributed by atoms with E-state index in [4.69, 9.17) is 0 Å². The maximum atomic E-state index is 12.6. The van der Waals surface area contributed by atoms with Crippen molar-refractivity contribution in [1.29, 1.82) is 0 Å². The van der Waals surface area contributed by atoms with Crippen molar-refractivity contribution < 1.29 is 27.5 Å². The Labute approximate surface area is 148 Å². The molecule has 2 amide bonds. The second kappa shape index (κ2) is 6.79. The zero-order valence-electron chi connectivity index (χ0n) is 14.2. The van der Waals surface area contributed by atoms with Gasteiger partial charge in [0.1, 0.15) is 5.75 Å². The lowest BCUT2D eigenvalue weighted by atomic mass is 9.71. The Morgan fingerprint density at radius 1 is 1.27 bits per heavy atom. The van der Waals surface area contributed by atoms with E-state index in [0.29, 0.717) is 12.8 Å². The van der Waals surface area contributed by atoms with E-state index in [0.717, 1.165) is 12.0 Å². The number of carbonyl (C=O) groups is 2. The predicted molar refractivity (Wildman–Crippen MR) is 85.9 cm³/mol. The topological polar surface area (TPSA) is 79.5 Å². The minimum absolute atomic E-state index is 0.0462. The van der Waals surface area contributed by atoms with E-state index in [1.54, 1.807) is 6.92 Å². The van der Waals surface area contributed by atoms with Gasteiger partial charge in [-0.15, -0.1) is 13.2 Å². The molecule has 1 aromatic carbocycles. The van der Waals surface area contributed by atoms with Gasteiger partial charge in [-0.1, -0.05) is 12.1 Å². The summed E-state index contributed by atoms with van der Waals surface area (Å²) in [4.78, 5) is 24.2. The molecule has 0 bridgehead atoms. The first kappa shape index (κ1) is 18.5. The van der Waals surface area contributed by atoms with Gasteiger partial charge < -0.3 is 15.4 Å². The van der Waals surface area contributed by atoms with E-state index in [-0.39, 0.29) is 30.2 Å². The smallest absolute Gasteiger partial charge is 0.406 e. The predicted octanol–water partition coefficient (Wildman–Crippen LogP) is 1.90. The Hall–Kier alpha value is -2.29. The van der Waals surface area contributed by atoms with Crippen LogP contribution in [0.2, 0.25) is 0 Å². The summed E-state index contributed by atoms with van der Waals surface area (Å²) in [6.45, 7) is 1.75. The number of hydrogen-bond acceptors (Lipinski definition) is 4. The van der Waals surface area contributed by atoms with Gasteiger partial charge >= 0.3 is 6.36 Å². The highest BCUT2D eigenvalue weighted by Crippen LogP contribution is 2.42. The van der Waals surface area contributed by atoms with E-state index in [2.05, 4.69) is 20.7 Å². The van der Waals surface area contributed by atoms with Crippen LogP contribution in [0.3, 0.4) is 0 Å². The van der Waals surface area contributed by atoms with Crippen LogP contribution < -0.4 is 20.7 Å². The monoisotopic (exact) mass is 371 g/mol. The van der Waals surface area contributed by atoms with Crippen molar-refractivity contribution in [3.05, 3.63) is 29.8 Å². The molecule has 1 aliphatic heterocycles. The summed E-state index contributed by atoms with van der Waals surface area (Å²) in [5.74, 6) is -0.795. The number of hydrogen-bond donors (Lipinski definition) is 3. The van der Waals surface area contributed by atoms with Gasteiger partial charge in [0.25, 0.3) is 0 Å². The first-order valence-corrected chi connectivity index (χ1v) is 8.41. The summed E-state index contributed by atoms with van der Waals surface area (Å²) in [6, 6.07) is 4.91. The van der Waals surface area contributed by atoms with Gasteiger partial charge in [-0.05, 0) is 43.9 Å². The highest BCUT2D eigenvalue weighted by Gasteiger charge is 2.42. The third-order valence-electron chi connectivity index (χ3n) is 4.74. The molecule has 2 fully saturated rings.